The summed E-state index contributed by atoms with van der Waals surface area (Å²) in [7, 11) is 1.61. The minimum atomic E-state index is -1.20. The third-order valence-electron chi connectivity index (χ3n) is 2.15. The van der Waals surface area contributed by atoms with Gasteiger partial charge in [0.1, 0.15) is 6.33 Å². The first kappa shape index (κ1) is 11.0. The van der Waals surface area contributed by atoms with Crippen molar-refractivity contribution >= 4 is 23.5 Å². The number of hydrogen-bond acceptors (Lipinski definition) is 6. The van der Waals surface area contributed by atoms with Crippen LogP contribution in [0.2, 0.25) is 0 Å². The van der Waals surface area contributed by atoms with E-state index in [0.717, 1.165) is 0 Å². The van der Waals surface area contributed by atoms with Crippen LogP contribution in [0.25, 0.3) is 0 Å². The smallest absolute Gasteiger partial charge is 0.353 e. The van der Waals surface area contributed by atoms with Gasteiger partial charge in [-0.25, -0.2) is 9.48 Å². The van der Waals surface area contributed by atoms with E-state index in [2.05, 4.69) is 20.6 Å². The second-order valence-electron chi connectivity index (χ2n) is 3.34. The Balaban J connectivity index is 1.96. The second kappa shape index (κ2) is 4.20. The standard InChI is InChI=1S/C8H9N5O4/c1-13-8(9-3-10-13)11-6(14)5-2-4(7(15)16)12-17-5/h3,5H,2H2,1H3,(H,15,16)(H,9,10,11,14). The average Bonchev–Trinajstić information content (AvgIpc) is 2.88. The fourth-order valence-electron chi connectivity index (χ4n) is 1.24. The van der Waals surface area contributed by atoms with Crippen LogP contribution in [0, 0.1) is 0 Å². The van der Waals surface area contributed by atoms with E-state index >= 15 is 0 Å². The number of carboxylic acids is 1. The fraction of sp³-hybridized carbons (Fsp3) is 0.375. The predicted octanol–water partition coefficient (Wildman–Crippen LogP) is -1.02. The molecule has 90 valence electrons. The number of hydrogen-bond donors (Lipinski definition) is 2. The number of nitrogens with zero attached hydrogens (tertiary/aromatic N) is 4. The molecule has 9 nitrogen and oxygen atoms in total. The van der Waals surface area contributed by atoms with Crippen LogP contribution in [-0.4, -0.2) is 43.6 Å². The summed E-state index contributed by atoms with van der Waals surface area (Å²) in [6.45, 7) is 0. The average molecular weight is 239 g/mol. The van der Waals surface area contributed by atoms with Gasteiger partial charge in [-0.15, -0.1) is 0 Å². The third-order valence-corrected chi connectivity index (χ3v) is 2.15. The van der Waals surface area contributed by atoms with E-state index in [4.69, 9.17) is 9.94 Å². The van der Waals surface area contributed by atoms with Crippen molar-refractivity contribution in [1.82, 2.24) is 14.8 Å². The molecule has 1 unspecified atom stereocenters. The Morgan fingerprint density at radius 1 is 1.65 bits per heavy atom. The van der Waals surface area contributed by atoms with Gasteiger partial charge in [0.2, 0.25) is 12.1 Å². The summed E-state index contributed by atoms with van der Waals surface area (Å²) >= 11 is 0. The number of carbonyl (C=O) groups excluding carboxylic acids is 1. The number of aryl methyl sites for hydroxylation is 1. The molecule has 9 heteroatoms. The van der Waals surface area contributed by atoms with Crippen molar-refractivity contribution in [3.8, 4) is 0 Å². The van der Waals surface area contributed by atoms with E-state index < -0.39 is 18.0 Å². The van der Waals surface area contributed by atoms with E-state index in [1.54, 1.807) is 7.05 Å². The van der Waals surface area contributed by atoms with Crippen molar-refractivity contribution in [2.75, 3.05) is 5.32 Å². The number of carbonyl (C=O) groups is 2. The highest BCUT2D eigenvalue weighted by molar-refractivity contribution is 6.36. The molecule has 17 heavy (non-hydrogen) atoms. The highest BCUT2D eigenvalue weighted by Crippen LogP contribution is 2.12. The molecule has 1 aliphatic heterocycles. The number of carboxylic acid groups (broad SMARTS) is 1. The van der Waals surface area contributed by atoms with Crippen molar-refractivity contribution < 1.29 is 19.5 Å². The van der Waals surface area contributed by atoms with Crippen LogP contribution in [0.1, 0.15) is 6.42 Å². The topological polar surface area (TPSA) is 119 Å². The maximum absolute atomic E-state index is 11.6. The molecule has 0 radical (unpaired) electrons. The lowest BCUT2D eigenvalue weighted by Crippen LogP contribution is -2.30. The second-order valence-corrected chi connectivity index (χ2v) is 3.34. The first-order valence-corrected chi connectivity index (χ1v) is 4.69. The Morgan fingerprint density at radius 2 is 2.41 bits per heavy atom. The van der Waals surface area contributed by atoms with Gasteiger partial charge in [0.15, 0.2) is 5.71 Å². The first-order chi connectivity index (χ1) is 8.08. The molecule has 0 saturated carbocycles. The summed E-state index contributed by atoms with van der Waals surface area (Å²) in [6.07, 6.45) is 0.265. The zero-order chi connectivity index (χ0) is 12.4. The number of aromatic nitrogens is 3. The van der Waals surface area contributed by atoms with Gasteiger partial charge in [-0.1, -0.05) is 5.16 Å². The molecule has 0 aromatic carbocycles. The van der Waals surface area contributed by atoms with E-state index in [-0.39, 0.29) is 18.1 Å². The van der Waals surface area contributed by atoms with E-state index in [1.165, 1.54) is 11.0 Å². The van der Waals surface area contributed by atoms with Gasteiger partial charge in [-0.2, -0.15) is 10.1 Å². The largest absolute Gasteiger partial charge is 0.477 e. The molecular weight excluding hydrogens is 230 g/mol. The van der Waals surface area contributed by atoms with Crippen molar-refractivity contribution in [3.63, 3.8) is 0 Å². The van der Waals surface area contributed by atoms with E-state index in [9.17, 15) is 9.59 Å². The Bertz CT molecular complexity index is 494. The summed E-state index contributed by atoms with van der Waals surface area (Å²) in [5.41, 5.74) is -0.178. The van der Waals surface area contributed by atoms with Crippen LogP contribution in [0.4, 0.5) is 5.95 Å². The molecule has 0 bridgehead atoms. The predicted molar refractivity (Wildman–Crippen MR) is 54.2 cm³/mol. The molecule has 2 N–H and O–H groups in total. The van der Waals surface area contributed by atoms with Crippen LogP contribution in [0.15, 0.2) is 11.5 Å². The monoisotopic (exact) mass is 239 g/mol. The number of amides is 1. The molecular formula is C8H9N5O4. The minimum absolute atomic E-state index is 0.0704. The van der Waals surface area contributed by atoms with Crippen molar-refractivity contribution in [1.29, 1.82) is 0 Å². The number of oxime groups is 1. The summed E-state index contributed by atoms with van der Waals surface area (Å²) < 4.78 is 1.37. The normalized spacial score (nSPS) is 18.4. The molecule has 0 spiro atoms. The molecule has 1 amide bonds. The molecule has 1 atom stereocenters. The molecule has 2 rings (SSSR count). The van der Waals surface area contributed by atoms with Crippen molar-refractivity contribution in [3.05, 3.63) is 6.33 Å². The van der Waals surface area contributed by atoms with Gasteiger partial charge in [-0.05, 0) is 0 Å². The van der Waals surface area contributed by atoms with Gasteiger partial charge >= 0.3 is 5.97 Å². The number of aliphatic carboxylic acids is 1. The highest BCUT2D eigenvalue weighted by Gasteiger charge is 2.32. The molecule has 1 aromatic rings. The summed E-state index contributed by atoms with van der Waals surface area (Å²) in [5.74, 6) is -1.46. The van der Waals surface area contributed by atoms with E-state index in [1.807, 2.05) is 0 Å². The summed E-state index contributed by atoms with van der Waals surface area (Å²) in [6, 6.07) is 0. The molecule has 0 aliphatic carbocycles. The Labute approximate surface area is 95.1 Å². The van der Waals surface area contributed by atoms with Gasteiger partial charge in [-0.3, -0.25) is 10.1 Å². The highest BCUT2D eigenvalue weighted by atomic mass is 16.6. The Morgan fingerprint density at radius 3 is 2.94 bits per heavy atom. The zero-order valence-corrected chi connectivity index (χ0v) is 8.82. The fourth-order valence-corrected chi connectivity index (χ4v) is 1.24. The molecule has 0 fully saturated rings. The molecule has 0 saturated heterocycles. The maximum atomic E-state index is 11.6. The van der Waals surface area contributed by atoms with Crippen LogP contribution in [0.5, 0.6) is 0 Å². The number of anilines is 1. The van der Waals surface area contributed by atoms with Gasteiger partial charge in [0.05, 0.1) is 0 Å². The SMILES string of the molecule is Cn1ncnc1NC(=O)C1CC(C(=O)O)=NO1. The Hall–Kier alpha value is -2.45. The van der Waals surface area contributed by atoms with Crippen LogP contribution in [0.3, 0.4) is 0 Å². The van der Waals surface area contributed by atoms with Gasteiger partial charge < -0.3 is 9.94 Å². The lowest BCUT2D eigenvalue weighted by molar-refractivity contribution is -0.129. The summed E-state index contributed by atoms with van der Waals surface area (Å²) in [4.78, 5) is 30.7. The molecule has 1 aliphatic rings. The van der Waals surface area contributed by atoms with Crippen LogP contribution < -0.4 is 5.32 Å². The summed E-state index contributed by atoms with van der Waals surface area (Å²) in [5, 5.41) is 18.2. The quantitative estimate of drug-likeness (QED) is 0.697. The third kappa shape index (κ3) is 2.22. The minimum Gasteiger partial charge on any atom is -0.477 e. The number of nitrogens with one attached hydrogen (secondary N) is 1. The van der Waals surface area contributed by atoms with Crippen LogP contribution in [-0.2, 0) is 21.5 Å². The molecule has 2 heterocycles. The van der Waals surface area contributed by atoms with Crippen molar-refractivity contribution in [2.45, 2.75) is 12.5 Å². The Kier molecular flexibility index (Phi) is 2.73. The maximum Gasteiger partial charge on any atom is 0.353 e. The lowest BCUT2D eigenvalue weighted by Gasteiger charge is -2.07. The van der Waals surface area contributed by atoms with Crippen molar-refractivity contribution in [2.24, 2.45) is 12.2 Å². The van der Waals surface area contributed by atoms with Gasteiger partial charge in [0.25, 0.3) is 5.91 Å². The van der Waals surface area contributed by atoms with Crippen LogP contribution >= 0.6 is 0 Å². The van der Waals surface area contributed by atoms with E-state index in [0.29, 0.717) is 0 Å². The first-order valence-electron chi connectivity index (χ1n) is 4.69. The number of rotatable bonds is 3. The van der Waals surface area contributed by atoms with Gasteiger partial charge in [0, 0.05) is 13.5 Å². The zero-order valence-electron chi connectivity index (χ0n) is 8.82. The lowest BCUT2D eigenvalue weighted by atomic mass is 10.2. The molecule has 1 aromatic heterocycles.